The standard InChI is InChI=1S/C22H27N3O5S/c26-21-8-6-18(7-9-21)14-20(25-17-31(25,28)29)15-23-10-12-24(13-11-23)22(27)30-16-19-4-2-1-3-5-19/h1-9,20,26H,10-17H2. The number of sulfonamides is 1. The number of phenolic OH excluding ortho intramolecular Hbond substituents is 1. The third-order valence-electron chi connectivity index (χ3n) is 5.69. The molecule has 0 aromatic heterocycles. The van der Waals surface area contributed by atoms with Crippen LogP contribution in [-0.4, -0.2) is 78.4 Å². The molecule has 166 valence electrons. The highest BCUT2D eigenvalue weighted by Crippen LogP contribution is 2.27. The minimum atomic E-state index is -3.12. The van der Waals surface area contributed by atoms with Gasteiger partial charge in [0.05, 0.1) is 0 Å². The zero-order valence-electron chi connectivity index (χ0n) is 17.3. The third kappa shape index (κ3) is 5.75. The van der Waals surface area contributed by atoms with E-state index in [1.165, 1.54) is 4.31 Å². The van der Waals surface area contributed by atoms with Crippen molar-refractivity contribution >= 4 is 16.1 Å². The van der Waals surface area contributed by atoms with Crippen molar-refractivity contribution in [2.45, 2.75) is 19.1 Å². The summed E-state index contributed by atoms with van der Waals surface area (Å²) in [6, 6.07) is 16.3. The Balaban J connectivity index is 1.28. The Hall–Kier alpha value is -2.62. The Morgan fingerprint density at radius 1 is 0.968 bits per heavy atom. The molecule has 2 aromatic carbocycles. The van der Waals surface area contributed by atoms with Crippen LogP contribution in [0.15, 0.2) is 54.6 Å². The van der Waals surface area contributed by atoms with Gasteiger partial charge in [-0.2, -0.15) is 4.31 Å². The number of aromatic hydroxyl groups is 1. The van der Waals surface area contributed by atoms with Gasteiger partial charge in [-0.1, -0.05) is 42.5 Å². The minimum Gasteiger partial charge on any atom is -0.508 e. The number of benzene rings is 2. The summed E-state index contributed by atoms with van der Waals surface area (Å²) >= 11 is 0. The highest BCUT2D eigenvalue weighted by molar-refractivity contribution is 7.95. The molecule has 1 amide bonds. The van der Waals surface area contributed by atoms with Gasteiger partial charge in [0.1, 0.15) is 18.2 Å². The highest BCUT2D eigenvalue weighted by atomic mass is 32.2. The van der Waals surface area contributed by atoms with Gasteiger partial charge in [-0.05, 0) is 29.7 Å². The van der Waals surface area contributed by atoms with Crippen molar-refractivity contribution in [2.24, 2.45) is 0 Å². The summed E-state index contributed by atoms with van der Waals surface area (Å²) in [4.78, 5) is 16.2. The molecule has 9 heteroatoms. The zero-order valence-corrected chi connectivity index (χ0v) is 18.1. The predicted octanol–water partition coefficient (Wildman–Crippen LogP) is 1.86. The van der Waals surface area contributed by atoms with Crippen molar-refractivity contribution < 1.29 is 23.1 Å². The lowest BCUT2D eigenvalue weighted by molar-refractivity contribution is 0.0681. The van der Waals surface area contributed by atoms with Gasteiger partial charge in [-0.3, -0.25) is 4.90 Å². The zero-order chi connectivity index (χ0) is 21.8. The van der Waals surface area contributed by atoms with Crippen LogP contribution in [0.1, 0.15) is 11.1 Å². The van der Waals surface area contributed by atoms with Crippen LogP contribution < -0.4 is 0 Å². The van der Waals surface area contributed by atoms with Crippen LogP contribution in [0.5, 0.6) is 5.75 Å². The molecule has 0 radical (unpaired) electrons. The largest absolute Gasteiger partial charge is 0.508 e. The Morgan fingerprint density at radius 3 is 2.23 bits per heavy atom. The van der Waals surface area contributed by atoms with E-state index in [1.807, 2.05) is 42.5 Å². The fraction of sp³-hybridized carbons (Fsp3) is 0.409. The first-order valence-electron chi connectivity index (χ1n) is 10.4. The number of carbonyl (C=O) groups excluding carboxylic acids is 1. The molecule has 2 fully saturated rings. The molecule has 2 aromatic rings. The molecule has 2 atom stereocenters. The van der Waals surface area contributed by atoms with E-state index in [1.54, 1.807) is 17.0 Å². The molecule has 31 heavy (non-hydrogen) atoms. The molecule has 1 N–H and O–H groups in total. The van der Waals surface area contributed by atoms with Gasteiger partial charge >= 0.3 is 6.09 Å². The molecule has 2 saturated heterocycles. The number of phenols is 1. The van der Waals surface area contributed by atoms with Crippen LogP contribution in [0.3, 0.4) is 0 Å². The van der Waals surface area contributed by atoms with Crippen LogP contribution >= 0.6 is 0 Å². The minimum absolute atomic E-state index is 0.0848. The quantitative estimate of drug-likeness (QED) is 0.655. The highest BCUT2D eigenvalue weighted by Gasteiger charge is 2.46. The molecule has 0 aliphatic carbocycles. The molecule has 2 aliphatic heterocycles. The number of nitrogens with zero attached hydrogens (tertiary/aromatic N) is 3. The summed E-state index contributed by atoms with van der Waals surface area (Å²) in [5, 5.41) is 9.47. The van der Waals surface area contributed by atoms with E-state index in [-0.39, 0.29) is 30.4 Å². The van der Waals surface area contributed by atoms with E-state index in [0.717, 1.165) is 11.1 Å². The van der Waals surface area contributed by atoms with E-state index in [4.69, 9.17) is 4.74 Å². The number of hydrogen-bond acceptors (Lipinski definition) is 6. The van der Waals surface area contributed by atoms with Crippen molar-refractivity contribution in [1.29, 1.82) is 0 Å². The van der Waals surface area contributed by atoms with E-state index in [0.29, 0.717) is 39.1 Å². The second-order valence-corrected chi connectivity index (χ2v) is 9.87. The molecule has 2 aliphatic rings. The summed E-state index contributed by atoms with van der Waals surface area (Å²) in [6.45, 7) is 3.29. The molecule has 0 saturated carbocycles. The summed E-state index contributed by atoms with van der Waals surface area (Å²) in [5.41, 5.74) is 1.93. The summed E-state index contributed by atoms with van der Waals surface area (Å²) < 4.78 is 30.8. The first-order chi connectivity index (χ1) is 14.9. The first-order valence-corrected chi connectivity index (χ1v) is 12.0. The lowest BCUT2D eigenvalue weighted by atomic mass is 10.1. The van der Waals surface area contributed by atoms with Crippen molar-refractivity contribution in [3.63, 3.8) is 0 Å². The van der Waals surface area contributed by atoms with E-state index in [9.17, 15) is 18.3 Å². The van der Waals surface area contributed by atoms with Gasteiger partial charge in [-0.25, -0.2) is 13.2 Å². The maximum Gasteiger partial charge on any atom is 0.410 e. The molecule has 8 nitrogen and oxygen atoms in total. The monoisotopic (exact) mass is 445 g/mol. The Kier molecular flexibility index (Phi) is 6.45. The van der Waals surface area contributed by atoms with Gasteiger partial charge in [0.15, 0.2) is 0 Å². The molecular weight excluding hydrogens is 418 g/mol. The number of rotatable bonds is 7. The van der Waals surface area contributed by atoms with Crippen LogP contribution in [0.25, 0.3) is 0 Å². The van der Waals surface area contributed by atoms with Crippen molar-refractivity contribution in [3.8, 4) is 5.75 Å². The van der Waals surface area contributed by atoms with E-state index >= 15 is 0 Å². The number of carbonyl (C=O) groups is 1. The average Bonchev–Trinajstić information content (AvgIpc) is 3.42. The molecule has 0 spiro atoms. The second kappa shape index (κ2) is 9.25. The summed E-state index contributed by atoms with van der Waals surface area (Å²) in [6.07, 6.45) is 0.261. The van der Waals surface area contributed by atoms with Gasteiger partial charge < -0.3 is 14.7 Å². The SMILES string of the molecule is O=C(OCc1ccccc1)N1CCN(CC(Cc2ccc(O)cc2)N2CS2(=O)=O)CC1. The van der Waals surface area contributed by atoms with Gasteiger partial charge in [0.25, 0.3) is 0 Å². The van der Waals surface area contributed by atoms with Gasteiger partial charge in [0.2, 0.25) is 10.0 Å². The van der Waals surface area contributed by atoms with E-state index in [2.05, 4.69) is 4.90 Å². The Labute approximate surface area is 182 Å². The predicted molar refractivity (Wildman–Crippen MR) is 116 cm³/mol. The topological polar surface area (TPSA) is 90.2 Å². The fourth-order valence-corrected chi connectivity index (χ4v) is 5.19. The Morgan fingerprint density at radius 2 is 1.61 bits per heavy atom. The second-order valence-electron chi connectivity index (χ2n) is 7.98. The van der Waals surface area contributed by atoms with Crippen molar-refractivity contribution in [3.05, 3.63) is 65.7 Å². The maximum atomic E-state index is 12.3. The third-order valence-corrected chi connectivity index (χ3v) is 7.14. The number of amides is 1. The van der Waals surface area contributed by atoms with Gasteiger partial charge in [-0.15, -0.1) is 0 Å². The molecule has 2 unspecified atom stereocenters. The summed E-state index contributed by atoms with van der Waals surface area (Å²) in [7, 11) is -3.12. The summed E-state index contributed by atoms with van der Waals surface area (Å²) in [5.74, 6) is 0.275. The van der Waals surface area contributed by atoms with Crippen molar-refractivity contribution in [2.75, 3.05) is 38.6 Å². The van der Waals surface area contributed by atoms with Gasteiger partial charge in [0, 0.05) is 38.8 Å². The van der Waals surface area contributed by atoms with E-state index < -0.39 is 10.0 Å². The van der Waals surface area contributed by atoms with Crippen LogP contribution in [0.4, 0.5) is 4.79 Å². The number of hydrogen-bond donors (Lipinski definition) is 1. The van der Waals surface area contributed by atoms with Crippen LogP contribution in [0.2, 0.25) is 0 Å². The first kappa shape index (κ1) is 21.6. The lowest BCUT2D eigenvalue weighted by Crippen LogP contribution is -2.51. The Bertz CT molecular complexity index is 990. The normalized spacial score (nSPS) is 21.4. The average molecular weight is 446 g/mol. The smallest absolute Gasteiger partial charge is 0.410 e. The maximum absolute atomic E-state index is 12.3. The number of piperazine rings is 1. The molecular formula is C22H27N3O5S. The lowest BCUT2D eigenvalue weighted by Gasteiger charge is -2.36. The molecule has 2 heterocycles. The fourth-order valence-electron chi connectivity index (χ4n) is 3.85. The van der Waals surface area contributed by atoms with Crippen molar-refractivity contribution in [1.82, 2.24) is 14.1 Å². The van der Waals surface area contributed by atoms with Crippen LogP contribution in [0, 0.1) is 0 Å². The molecule has 0 bridgehead atoms. The molecule has 4 rings (SSSR count). The number of ether oxygens (including phenoxy) is 1. The van der Waals surface area contributed by atoms with Crippen LogP contribution in [-0.2, 0) is 27.8 Å².